The molecule has 0 bridgehead atoms. The van der Waals surface area contributed by atoms with Crippen molar-refractivity contribution in [3.05, 3.63) is 35.9 Å². The summed E-state index contributed by atoms with van der Waals surface area (Å²) in [6, 6.07) is 10.2. The Hall–Kier alpha value is -0.630. The summed E-state index contributed by atoms with van der Waals surface area (Å²) >= 11 is 0. The van der Waals surface area contributed by atoms with Gasteiger partial charge in [0, 0.05) is 37.7 Å². The van der Waals surface area contributed by atoms with Crippen molar-refractivity contribution in [2.24, 2.45) is 4.99 Å². The first kappa shape index (κ1) is 19.4. The number of nitrogens with zero attached hydrogens (tertiary/aromatic N) is 2. The Labute approximate surface area is 153 Å². The standard InChI is InChI=1S/C16H25N3OS.HI/c1-19(2)15(17-12-14-8-5-4-6-9-14)18-13-16(21(3)20)10-7-11-16;/h4-6,8-9H,7,10-13H2,1-3H3,(H,17,18);1H. The summed E-state index contributed by atoms with van der Waals surface area (Å²) in [6.07, 6.45) is 5.09. The first-order valence-corrected chi connectivity index (χ1v) is 8.92. The van der Waals surface area contributed by atoms with Gasteiger partial charge in [-0.2, -0.15) is 0 Å². The number of benzene rings is 1. The second-order valence-corrected chi connectivity index (χ2v) is 7.64. The van der Waals surface area contributed by atoms with Gasteiger partial charge in [-0.05, 0) is 18.4 Å². The van der Waals surface area contributed by atoms with Crippen molar-refractivity contribution in [2.75, 3.05) is 26.9 Å². The maximum absolute atomic E-state index is 11.9. The summed E-state index contributed by atoms with van der Waals surface area (Å²) in [6.45, 7) is 1.39. The number of rotatable bonds is 5. The highest BCUT2D eigenvalue weighted by atomic mass is 127. The highest BCUT2D eigenvalue weighted by Crippen LogP contribution is 2.36. The lowest BCUT2D eigenvalue weighted by molar-refractivity contribution is 0.346. The third-order valence-electron chi connectivity index (χ3n) is 4.12. The van der Waals surface area contributed by atoms with Crippen LogP contribution in [-0.2, 0) is 17.3 Å². The van der Waals surface area contributed by atoms with Crippen molar-refractivity contribution in [2.45, 2.75) is 30.6 Å². The van der Waals surface area contributed by atoms with Gasteiger partial charge in [0.2, 0.25) is 0 Å². The molecule has 1 fully saturated rings. The largest absolute Gasteiger partial charge is 0.355 e. The molecular formula is C16H26IN3OS. The molecule has 1 saturated carbocycles. The summed E-state index contributed by atoms with van der Waals surface area (Å²) in [5, 5.41) is 3.40. The van der Waals surface area contributed by atoms with E-state index in [1.807, 2.05) is 43.5 Å². The molecule has 6 heteroatoms. The number of guanidine groups is 1. The average molecular weight is 435 g/mol. The van der Waals surface area contributed by atoms with Crippen molar-refractivity contribution in [1.82, 2.24) is 10.2 Å². The van der Waals surface area contributed by atoms with Gasteiger partial charge < -0.3 is 10.2 Å². The topological polar surface area (TPSA) is 44.7 Å². The average Bonchev–Trinajstić information content (AvgIpc) is 2.41. The summed E-state index contributed by atoms with van der Waals surface area (Å²) in [5.74, 6) is 0.857. The van der Waals surface area contributed by atoms with Crippen LogP contribution in [0, 0.1) is 0 Å². The van der Waals surface area contributed by atoms with Gasteiger partial charge in [-0.25, -0.2) is 4.99 Å². The van der Waals surface area contributed by atoms with Gasteiger partial charge in [-0.3, -0.25) is 4.21 Å². The van der Waals surface area contributed by atoms with Gasteiger partial charge in [-0.1, -0.05) is 36.8 Å². The second-order valence-electron chi connectivity index (χ2n) is 5.86. The highest BCUT2D eigenvalue weighted by molar-refractivity contribution is 14.0. The molecule has 0 radical (unpaired) electrons. The first-order chi connectivity index (χ1) is 10.0. The van der Waals surface area contributed by atoms with Crippen molar-refractivity contribution >= 4 is 40.7 Å². The van der Waals surface area contributed by atoms with E-state index in [4.69, 9.17) is 0 Å². The SMILES string of the molecule is CN(C)C(=NCc1ccccc1)NCC1(S(C)=O)CCC1.I. The number of aliphatic imine (C=N–C) groups is 1. The molecule has 1 aliphatic carbocycles. The minimum Gasteiger partial charge on any atom is -0.355 e. The maximum Gasteiger partial charge on any atom is 0.193 e. The van der Waals surface area contributed by atoms with Crippen LogP contribution in [0.15, 0.2) is 35.3 Å². The lowest BCUT2D eigenvalue weighted by Gasteiger charge is -2.40. The molecule has 4 nitrogen and oxygen atoms in total. The van der Waals surface area contributed by atoms with Gasteiger partial charge in [0.25, 0.3) is 0 Å². The Morgan fingerprint density at radius 2 is 1.95 bits per heavy atom. The van der Waals surface area contributed by atoms with Crippen molar-refractivity contribution in [3.8, 4) is 0 Å². The highest BCUT2D eigenvalue weighted by Gasteiger charge is 2.40. The van der Waals surface area contributed by atoms with Crippen LogP contribution in [-0.4, -0.2) is 46.7 Å². The van der Waals surface area contributed by atoms with Crippen LogP contribution in [0.4, 0.5) is 0 Å². The molecule has 124 valence electrons. The quantitative estimate of drug-likeness (QED) is 0.440. The molecule has 0 spiro atoms. The molecule has 1 aliphatic rings. The number of hydrogen-bond acceptors (Lipinski definition) is 2. The predicted octanol–water partition coefficient (Wildman–Crippen LogP) is 2.61. The zero-order valence-electron chi connectivity index (χ0n) is 13.5. The fourth-order valence-corrected chi connectivity index (χ4v) is 3.62. The summed E-state index contributed by atoms with van der Waals surface area (Å²) < 4.78 is 11.9. The fourth-order valence-electron chi connectivity index (χ4n) is 2.48. The van der Waals surface area contributed by atoms with Crippen LogP contribution in [0.1, 0.15) is 24.8 Å². The molecule has 1 aromatic rings. The van der Waals surface area contributed by atoms with Gasteiger partial charge in [0.05, 0.1) is 11.3 Å². The molecule has 1 N–H and O–H groups in total. The first-order valence-electron chi connectivity index (χ1n) is 7.37. The van der Waals surface area contributed by atoms with Crippen LogP contribution in [0.2, 0.25) is 0 Å². The lowest BCUT2D eigenvalue weighted by Crippen LogP contribution is -2.52. The van der Waals surface area contributed by atoms with E-state index in [0.717, 1.165) is 25.3 Å². The third kappa shape index (κ3) is 4.94. The Morgan fingerprint density at radius 3 is 2.41 bits per heavy atom. The van der Waals surface area contributed by atoms with E-state index in [1.165, 1.54) is 12.0 Å². The lowest BCUT2D eigenvalue weighted by atomic mass is 9.84. The molecule has 0 amide bonds. The summed E-state index contributed by atoms with van der Waals surface area (Å²) in [5.41, 5.74) is 1.19. The zero-order valence-corrected chi connectivity index (χ0v) is 16.7. The monoisotopic (exact) mass is 435 g/mol. The Kier molecular flexibility index (Phi) is 7.82. The molecule has 0 heterocycles. The number of nitrogens with one attached hydrogen (secondary N) is 1. The smallest absolute Gasteiger partial charge is 0.193 e. The van der Waals surface area contributed by atoms with Crippen molar-refractivity contribution < 1.29 is 4.21 Å². The summed E-state index contributed by atoms with van der Waals surface area (Å²) in [4.78, 5) is 6.63. The molecule has 2 rings (SSSR count). The fraction of sp³-hybridized carbons (Fsp3) is 0.562. The van der Waals surface area contributed by atoms with Gasteiger partial charge in [0.15, 0.2) is 5.96 Å². The van der Waals surface area contributed by atoms with Crippen LogP contribution in [0.3, 0.4) is 0 Å². The molecule has 0 aromatic heterocycles. The predicted molar refractivity (Wildman–Crippen MR) is 105 cm³/mol. The maximum atomic E-state index is 11.9. The van der Waals surface area contributed by atoms with Crippen molar-refractivity contribution in [1.29, 1.82) is 0 Å². The Balaban J connectivity index is 0.00000242. The van der Waals surface area contributed by atoms with E-state index in [2.05, 4.69) is 22.4 Å². The van der Waals surface area contributed by atoms with Crippen molar-refractivity contribution in [3.63, 3.8) is 0 Å². The van der Waals surface area contributed by atoms with Crippen LogP contribution < -0.4 is 5.32 Å². The van der Waals surface area contributed by atoms with Crippen LogP contribution >= 0.6 is 24.0 Å². The molecule has 22 heavy (non-hydrogen) atoms. The summed E-state index contributed by atoms with van der Waals surface area (Å²) in [7, 11) is 3.17. The second kappa shape index (κ2) is 8.86. The van der Waals surface area contributed by atoms with E-state index in [0.29, 0.717) is 6.54 Å². The van der Waals surface area contributed by atoms with Gasteiger partial charge in [-0.15, -0.1) is 24.0 Å². The third-order valence-corrected chi connectivity index (χ3v) is 5.89. The Morgan fingerprint density at radius 1 is 1.32 bits per heavy atom. The molecule has 0 saturated heterocycles. The normalized spacial score (nSPS) is 17.9. The molecule has 0 aliphatic heterocycles. The molecular weight excluding hydrogens is 409 g/mol. The van der Waals surface area contributed by atoms with E-state index in [1.54, 1.807) is 0 Å². The molecule has 1 aromatic carbocycles. The van der Waals surface area contributed by atoms with Crippen LogP contribution in [0.5, 0.6) is 0 Å². The molecule has 1 atom stereocenters. The van der Waals surface area contributed by atoms with E-state index < -0.39 is 10.8 Å². The number of hydrogen-bond donors (Lipinski definition) is 1. The van der Waals surface area contributed by atoms with E-state index in [9.17, 15) is 4.21 Å². The van der Waals surface area contributed by atoms with E-state index >= 15 is 0 Å². The number of halogens is 1. The minimum atomic E-state index is -0.788. The zero-order chi connectivity index (χ0) is 15.3. The Bertz CT molecular complexity index is 515. The van der Waals surface area contributed by atoms with E-state index in [-0.39, 0.29) is 28.7 Å². The van der Waals surface area contributed by atoms with Gasteiger partial charge in [0.1, 0.15) is 0 Å². The van der Waals surface area contributed by atoms with Gasteiger partial charge >= 0.3 is 0 Å². The minimum absolute atomic E-state index is 0. The molecule has 1 unspecified atom stereocenters. The van der Waals surface area contributed by atoms with Crippen LogP contribution in [0.25, 0.3) is 0 Å².